The van der Waals surface area contributed by atoms with Crippen molar-refractivity contribution >= 4 is 46.0 Å². The maximum Gasteiger partial charge on any atom is 0.269 e. The summed E-state index contributed by atoms with van der Waals surface area (Å²) in [7, 11) is 1.54. The number of halogens is 1. The van der Waals surface area contributed by atoms with E-state index in [2.05, 4.69) is 20.5 Å². The predicted molar refractivity (Wildman–Crippen MR) is 122 cm³/mol. The fourth-order valence-electron chi connectivity index (χ4n) is 3.07. The number of aromatic nitrogens is 4. The van der Waals surface area contributed by atoms with E-state index in [1.165, 1.54) is 17.9 Å². The summed E-state index contributed by atoms with van der Waals surface area (Å²) in [5.74, 6) is 0.330. The molecule has 2 aromatic carbocycles. The van der Waals surface area contributed by atoms with E-state index < -0.39 is 0 Å². The molecule has 4 aromatic rings. The Kier molecular flexibility index (Phi) is 5.97. The van der Waals surface area contributed by atoms with E-state index >= 15 is 0 Å². The number of benzene rings is 2. The smallest absolute Gasteiger partial charge is 0.269 e. The van der Waals surface area contributed by atoms with Gasteiger partial charge >= 0.3 is 0 Å². The second-order valence-electron chi connectivity index (χ2n) is 6.64. The highest BCUT2D eigenvalue weighted by Crippen LogP contribution is 2.26. The van der Waals surface area contributed by atoms with Gasteiger partial charge in [0.1, 0.15) is 11.1 Å². The number of para-hydroxylation sites is 2. The number of ether oxygens (including phenoxy) is 1. The molecule has 2 heterocycles. The molecule has 0 atom stereocenters. The second kappa shape index (κ2) is 8.83. The number of nitrogens with one attached hydrogen (secondary N) is 2. The van der Waals surface area contributed by atoms with Gasteiger partial charge in [-0.15, -0.1) is 0 Å². The summed E-state index contributed by atoms with van der Waals surface area (Å²) < 4.78 is 6.72. The van der Waals surface area contributed by atoms with Gasteiger partial charge in [-0.25, -0.2) is 4.98 Å². The maximum atomic E-state index is 13.2. The van der Waals surface area contributed by atoms with Crippen molar-refractivity contribution in [1.29, 1.82) is 0 Å². The van der Waals surface area contributed by atoms with Crippen LogP contribution in [0.3, 0.4) is 0 Å². The number of nitrogens with zero attached hydrogens (tertiary/aromatic N) is 3. The van der Waals surface area contributed by atoms with Crippen LogP contribution in [-0.4, -0.2) is 38.5 Å². The van der Waals surface area contributed by atoms with Crippen LogP contribution in [0.15, 0.2) is 58.6 Å². The van der Waals surface area contributed by atoms with E-state index in [9.17, 15) is 9.59 Å². The van der Waals surface area contributed by atoms with Crippen LogP contribution in [0, 0.1) is 6.92 Å². The first-order chi connectivity index (χ1) is 15.0. The van der Waals surface area contributed by atoms with Crippen molar-refractivity contribution in [3.05, 3.63) is 69.6 Å². The Hall–Kier alpha value is -3.30. The second-order valence-corrected chi connectivity index (χ2v) is 8.01. The van der Waals surface area contributed by atoms with Gasteiger partial charge in [-0.2, -0.15) is 5.10 Å². The van der Waals surface area contributed by atoms with Crippen LogP contribution in [0.2, 0.25) is 5.02 Å². The third kappa shape index (κ3) is 4.28. The number of H-pyrrole nitrogens is 1. The largest absolute Gasteiger partial charge is 0.495 e. The summed E-state index contributed by atoms with van der Waals surface area (Å²) in [6.45, 7) is 1.88. The highest BCUT2D eigenvalue weighted by Gasteiger charge is 2.18. The molecule has 0 bridgehead atoms. The molecule has 0 aliphatic heterocycles. The highest BCUT2D eigenvalue weighted by atomic mass is 35.5. The predicted octanol–water partition coefficient (Wildman–Crippen LogP) is 3.81. The number of hydrogen-bond donors (Lipinski definition) is 2. The molecule has 0 spiro atoms. The molecule has 0 aliphatic rings. The van der Waals surface area contributed by atoms with E-state index in [1.54, 1.807) is 30.3 Å². The Morgan fingerprint density at radius 3 is 2.90 bits per heavy atom. The third-order valence-corrected chi connectivity index (χ3v) is 5.75. The molecule has 0 unspecified atom stereocenters. The third-order valence-electron chi connectivity index (χ3n) is 4.58. The van der Waals surface area contributed by atoms with Gasteiger partial charge in [-0.1, -0.05) is 41.6 Å². The summed E-state index contributed by atoms with van der Waals surface area (Å²) in [6, 6.07) is 12.4. The van der Waals surface area contributed by atoms with Crippen molar-refractivity contribution < 1.29 is 9.53 Å². The topological polar surface area (TPSA) is 102 Å². The molecule has 4 rings (SSSR count). The molecule has 0 fully saturated rings. The van der Waals surface area contributed by atoms with Crippen LogP contribution < -0.4 is 15.6 Å². The van der Waals surface area contributed by atoms with Gasteiger partial charge in [0, 0.05) is 5.02 Å². The van der Waals surface area contributed by atoms with Gasteiger partial charge in [0.05, 0.1) is 30.4 Å². The molecule has 10 heteroatoms. The van der Waals surface area contributed by atoms with E-state index in [-0.39, 0.29) is 17.2 Å². The molecule has 2 aromatic heterocycles. The molecule has 2 N–H and O–H groups in total. The highest BCUT2D eigenvalue weighted by molar-refractivity contribution is 7.99. The number of fused-ring (bicyclic) bond motifs is 1. The minimum Gasteiger partial charge on any atom is -0.495 e. The van der Waals surface area contributed by atoms with Crippen molar-refractivity contribution in [2.75, 3.05) is 18.2 Å². The molecule has 0 radical (unpaired) electrons. The van der Waals surface area contributed by atoms with Gasteiger partial charge in [0.15, 0.2) is 10.8 Å². The molecular weight excluding hydrogens is 438 g/mol. The van der Waals surface area contributed by atoms with Crippen molar-refractivity contribution in [2.24, 2.45) is 0 Å². The van der Waals surface area contributed by atoms with E-state index in [4.69, 9.17) is 16.3 Å². The molecule has 0 saturated heterocycles. The molecule has 31 heavy (non-hydrogen) atoms. The Morgan fingerprint density at radius 2 is 2.10 bits per heavy atom. The van der Waals surface area contributed by atoms with E-state index in [1.807, 2.05) is 19.1 Å². The summed E-state index contributed by atoms with van der Waals surface area (Å²) >= 11 is 7.32. The zero-order valence-corrected chi connectivity index (χ0v) is 18.3. The number of methoxy groups -OCH3 is 1. The lowest BCUT2D eigenvalue weighted by atomic mass is 10.2. The minimum absolute atomic E-state index is 0.0315. The number of aryl methyl sites for hydroxylation is 1. The Labute approximate surface area is 186 Å². The van der Waals surface area contributed by atoms with Crippen LogP contribution in [0.1, 0.15) is 5.56 Å². The Bertz CT molecular complexity index is 1330. The van der Waals surface area contributed by atoms with Crippen LogP contribution in [0.4, 0.5) is 5.69 Å². The summed E-state index contributed by atoms with van der Waals surface area (Å²) in [6.07, 6.45) is 1.43. The Morgan fingerprint density at radius 1 is 1.29 bits per heavy atom. The monoisotopic (exact) mass is 455 g/mol. The van der Waals surface area contributed by atoms with Crippen LogP contribution in [0.25, 0.3) is 16.7 Å². The number of rotatable bonds is 6. The summed E-state index contributed by atoms with van der Waals surface area (Å²) in [5, 5.41) is 10.6. The van der Waals surface area contributed by atoms with Crippen molar-refractivity contribution in [1.82, 2.24) is 19.7 Å². The number of hydrogen-bond acceptors (Lipinski definition) is 6. The number of anilines is 1. The van der Waals surface area contributed by atoms with Gasteiger partial charge in [-0.3, -0.25) is 19.3 Å². The summed E-state index contributed by atoms with van der Waals surface area (Å²) in [5.41, 5.74) is 2.07. The van der Waals surface area contributed by atoms with E-state index in [0.29, 0.717) is 38.3 Å². The molecule has 0 saturated carbocycles. The molecule has 8 nitrogen and oxygen atoms in total. The first-order valence-electron chi connectivity index (χ1n) is 9.26. The zero-order chi connectivity index (χ0) is 22.0. The SMILES string of the molecule is COc1ccccc1NC(=O)CSc1nc2[nH]ncc2c(=O)n1-c1cc(Cl)ccc1C. The van der Waals surface area contributed by atoms with Gasteiger partial charge in [-0.05, 0) is 36.8 Å². The number of carbonyl (C=O) groups excluding carboxylic acids is 1. The molecule has 0 aliphatic carbocycles. The zero-order valence-electron chi connectivity index (χ0n) is 16.7. The number of aromatic amines is 1. The summed E-state index contributed by atoms with van der Waals surface area (Å²) in [4.78, 5) is 30.3. The average molecular weight is 456 g/mol. The van der Waals surface area contributed by atoms with Crippen molar-refractivity contribution in [3.8, 4) is 11.4 Å². The number of carbonyl (C=O) groups is 1. The van der Waals surface area contributed by atoms with Gasteiger partial charge in [0.2, 0.25) is 5.91 Å². The fourth-order valence-corrected chi connectivity index (χ4v) is 4.04. The maximum absolute atomic E-state index is 13.2. The Balaban J connectivity index is 1.68. The molecule has 158 valence electrons. The standard InChI is InChI=1S/C21H18ClN5O3S/c1-12-7-8-13(22)9-16(12)27-20(29)14-10-23-26-19(14)25-21(27)31-11-18(28)24-15-5-3-4-6-17(15)30-2/h3-10H,11H2,1-2H3,(H,23,26)(H,24,28). The van der Waals surface area contributed by atoms with Crippen LogP contribution in [0.5, 0.6) is 5.75 Å². The first kappa shape index (κ1) is 21.0. The quantitative estimate of drug-likeness (QED) is 0.338. The van der Waals surface area contributed by atoms with E-state index in [0.717, 1.165) is 17.3 Å². The lowest BCUT2D eigenvalue weighted by Gasteiger charge is -2.14. The minimum atomic E-state index is -0.295. The van der Waals surface area contributed by atoms with Crippen LogP contribution in [-0.2, 0) is 4.79 Å². The van der Waals surface area contributed by atoms with Crippen LogP contribution >= 0.6 is 23.4 Å². The van der Waals surface area contributed by atoms with Crippen molar-refractivity contribution in [3.63, 3.8) is 0 Å². The lowest BCUT2D eigenvalue weighted by Crippen LogP contribution is -2.23. The average Bonchev–Trinajstić information content (AvgIpc) is 3.24. The van der Waals surface area contributed by atoms with Crippen molar-refractivity contribution in [2.45, 2.75) is 12.1 Å². The lowest BCUT2D eigenvalue weighted by molar-refractivity contribution is -0.113. The normalized spacial score (nSPS) is 10.9. The number of thioether (sulfide) groups is 1. The molecular formula is C21H18ClN5O3S. The van der Waals surface area contributed by atoms with Gasteiger partial charge in [0.25, 0.3) is 5.56 Å². The first-order valence-corrected chi connectivity index (χ1v) is 10.6. The molecule has 1 amide bonds. The number of amides is 1. The fraction of sp³-hybridized carbons (Fsp3) is 0.143. The van der Waals surface area contributed by atoms with Gasteiger partial charge < -0.3 is 10.1 Å².